The second kappa shape index (κ2) is 9.68. The monoisotopic (exact) mass is 507 g/mol. The molecule has 0 spiro atoms. The third-order valence-electron chi connectivity index (χ3n) is 6.84. The van der Waals surface area contributed by atoms with Gasteiger partial charge in [0.25, 0.3) is 5.56 Å². The first-order valence-corrected chi connectivity index (χ1v) is 12.1. The molecule has 5 heterocycles. The van der Waals surface area contributed by atoms with Gasteiger partial charge in [-0.2, -0.15) is 18.3 Å². The van der Waals surface area contributed by atoms with Crippen LogP contribution >= 0.6 is 0 Å². The molecular weight excluding hydrogens is 479 g/mol. The Bertz CT molecular complexity index is 1140. The molecule has 2 unspecified atom stereocenters. The molecule has 3 aliphatic heterocycles. The Hall–Kier alpha value is -3.22. The van der Waals surface area contributed by atoms with E-state index in [9.17, 15) is 22.8 Å². The number of nitrogens with zero attached hydrogens (tertiary/aromatic N) is 5. The smallest absolute Gasteiger partial charge is 0.379 e. The van der Waals surface area contributed by atoms with Gasteiger partial charge in [-0.3, -0.25) is 9.59 Å². The molecule has 2 N–H and O–H groups in total. The second-order valence-electron chi connectivity index (χ2n) is 9.70. The molecule has 2 aromatic rings. The number of aromatic amines is 1. The fraction of sp³-hybridized carbons (Fsp3) is 0.609. The van der Waals surface area contributed by atoms with Crippen molar-refractivity contribution in [3.63, 3.8) is 0 Å². The summed E-state index contributed by atoms with van der Waals surface area (Å²) in [7, 11) is 0. The van der Waals surface area contributed by atoms with Crippen LogP contribution in [0.5, 0.6) is 0 Å². The molecule has 6 rings (SSSR count). The number of alkyl halides is 3. The molecule has 1 saturated carbocycles. The third kappa shape index (κ3) is 5.15. The number of ether oxygens (including phenoxy) is 1. The van der Waals surface area contributed by atoms with Gasteiger partial charge in [-0.25, -0.2) is 15.1 Å². The van der Waals surface area contributed by atoms with Crippen LogP contribution in [0, 0.1) is 0 Å². The van der Waals surface area contributed by atoms with Crippen LogP contribution in [0.2, 0.25) is 0 Å². The number of piperazine rings is 1. The summed E-state index contributed by atoms with van der Waals surface area (Å²) in [4.78, 5) is 37.4. The zero-order valence-corrected chi connectivity index (χ0v) is 19.8. The summed E-state index contributed by atoms with van der Waals surface area (Å²) in [5, 5.41) is 7.84. The van der Waals surface area contributed by atoms with Crippen molar-refractivity contribution in [1.29, 1.82) is 0 Å². The van der Waals surface area contributed by atoms with Gasteiger partial charge in [0.15, 0.2) is 0 Å². The molecule has 36 heavy (non-hydrogen) atoms. The van der Waals surface area contributed by atoms with Crippen molar-refractivity contribution >= 4 is 17.5 Å². The van der Waals surface area contributed by atoms with E-state index in [0.717, 1.165) is 12.6 Å². The summed E-state index contributed by atoms with van der Waals surface area (Å²) in [6.07, 6.45) is 3.47. The Morgan fingerprint density at radius 2 is 1.92 bits per heavy atom. The molecule has 13 heteroatoms. The highest BCUT2D eigenvalue weighted by atomic mass is 19.4. The van der Waals surface area contributed by atoms with Crippen LogP contribution in [0.25, 0.3) is 0 Å². The molecule has 3 atom stereocenters. The van der Waals surface area contributed by atoms with E-state index < -0.39 is 29.0 Å². The summed E-state index contributed by atoms with van der Waals surface area (Å²) >= 11 is 0. The van der Waals surface area contributed by atoms with Gasteiger partial charge in [0.1, 0.15) is 5.56 Å². The first kappa shape index (κ1) is 24.5. The molecule has 2 bridgehead atoms. The normalized spacial score (nSPS) is 22.2. The fourth-order valence-electron chi connectivity index (χ4n) is 4.95. The summed E-state index contributed by atoms with van der Waals surface area (Å²) < 4.78 is 45.0. The Morgan fingerprint density at radius 3 is 2.56 bits per heavy atom. The van der Waals surface area contributed by atoms with Crippen LogP contribution in [0.1, 0.15) is 49.7 Å². The first-order chi connectivity index (χ1) is 17.2. The number of aromatic nitrogens is 4. The average Bonchev–Trinajstić information content (AvgIpc) is 3.67. The number of rotatable bonds is 9. The SMILES string of the molecule is C[C@@H](COCCC(=O)N1C2CC1CN(c1ncc(C3CC3)cn1)C2)Nc1cn[nH]c(=O)c1C(F)(F)F. The maximum absolute atomic E-state index is 13.2. The molecule has 0 radical (unpaired) electrons. The fourth-order valence-corrected chi connectivity index (χ4v) is 4.95. The van der Waals surface area contributed by atoms with Crippen molar-refractivity contribution in [3.8, 4) is 0 Å². The van der Waals surface area contributed by atoms with Gasteiger partial charge in [0, 0.05) is 31.5 Å². The number of piperidine rings is 1. The minimum absolute atomic E-state index is 0.000312. The number of nitrogens with one attached hydrogen (secondary N) is 2. The van der Waals surface area contributed by atoms with E-state index in [4.69, 9.17) is 4.74 Å². The molecule has 4 aliphatic rings. The van der Waals surface area contributed by atoms with E-state index in [0.29, 0.717) is 25.0 Å². The third-order valence-corrected chi connectivity index (χ3v) is 6.84. The Kier molecular flexibility index (Phi) is 6.58. The number of hydrogen-bond acceptors (Lipinski definition) is 8. The molecule has 10 nitrogen and oxygen atoms in total. The lowest BCUT2D eigenvalue weighted by Crippen LogP contribution is -2.70. The molecule has 0 aromatic carbocycles. The lowest BCUT2D eigenvalue weighted by atomic mass is 9.87. The summed E-state index contributed by atoms with van der Waals surface area (Å²) in [6, 6.07) is -0.297. The molecule has 4 fully saturated rings. The van der Waals surface area contributed by atoms with E-state index in [1.54, 1.807) is 12.0 Å². The predicted molar refractivity (Wildman–Crippen MR) is 124 cm³/mol. The zero-order valence-electron chi connectivity index (χ0n) is 19.8. The molecule has 1 aliphatic carbocycles. The number of amides is 1. The van der Waals surface area contributed by atoms with Gasteiger partial charge < -0.3 is 19.9 Å². The van der Waals surface area contributed by atoms with Gasteiger partial charge in [-0.15, -0.1) is 0 Å². The van der Waals surface area contributed by atoms with Gasteiger partial charge in [0.2, 0.25) is 11.9 Å². The maximum atomic E-state index is 13.2. The number of hydrogen-bond donors (Lipinski definition) is 2. The van der Waals surface area contributed by atoms with Crippen molar-refractivity contribution < 1.29 is 22.7 Å². The van der Waals surface area contributed by atoms with Crippen LogP contribution in [0.15, 0.2) is 23.4 Å². The Labute approximate surface area is 205 Å². The van der Waals surface area contributed by atoms with Crippen LogP contribution in [0.4, 0.5) is 24.8 Å². The maximum Gasteiger partial charge on any atom is 0.423 e. The molecular formula is C23H28F3N7O3. The highest BCUT2D eigenvalue weighted by Crippen LogP contribution is 2.40. The zero-order chi connectivity index (χ0) is 25.4. The van der Waals surface area contributed by atoms with Crippen LogP contribution in [-0.4, -0.2) is 75.4 Å². The number of carbonyl (C=O) groups is 1. The van der Waals surface area contributed by atoms with E-state index in [1.165, 1.54) is 18.4 Å². The van der Waals surface area contributed by atoms with Crippen molar-refractivity contribution in [2.45, 2.75) is 62.8 Å². The van der Waals surface area contributed by atoms with Crippen molar-refractivity contribution in [2.75, 3.05) is 36.5 Å². The van der Waals surface area contributed by atoms with E-state index in [2.05, 4.69) is 25.3 Å². The number of anilines is 2. The van der Waals surface area contributed by atoms with Crippen molar-refractivity contribution in [1.82, 2.24) is 25.1 Å². The first-order valence-electron chi connectivity index (χ1n) is 12.1. The molecule has 1 amide bonds. The van der Waals surface area contributed by atoms with Crippen molar-refractivity contribution in [2.24, 2.45) is 0 Å². The summed E-state index contributed by atoms with van der Waals surface area (Å²) in [5.41, 5.74) is -1.87. The standard InChI is InChI=1S/C23H28F3N7O3/c1-13(30-18-9-29-31-21(35)20(18)23(24,25)26)12-36-5-4-19(34)33-16-6-17(33)11-32(10-16)22-27-7-15(8-28-22)14-2-3-14/h7-9,13-14,16-17H,2-6,10-12H2,1H3,(H2,30,31,35)/t13-,16?,17?/m0/s1. The van der Waals surface area contributed by atoms with E-state index in [-0.39, 0.29) is 37.6 Å². The second-order valence-corrected chi connectivity index (χ2v) is 9.70. The van der Waals surface area contributed by atoms with Crippen LogP contribution in [-0.2, 0) is 15.7 Å². The van der Waals surface area contributed by atoms with Gasteiger partial charge in [0.05, 0.1) is 43.6 Å². The lowest BCUT2D eigenvalue weighted by molar-refractivity contribution is -0.147. The molecule has 3 saturated heterocycles. The Morgan fingerprint density at radius 1 is 1.22 bits per heavy atom. The summed E-state index contributed by atoms with van der Waals surface area (Å²) in [6.45, 7) is 3.22. The van der Waals surface area contributed by atoms with Gasteiger partial charge >= 0.3 is 6.18 Å². The minimum Gasteiger partial charge on any atom is -0.379 e. The number of fused-ring (bicyclic) bond motifs is 2. The minimum atomic E-state index is -4.82. The van der Waals surface area contributed by atoms with Crippen LogP contribution in [0.3, 0.4) is 0 Å². The summed E-state index contributed by atoms with van der Waals surface area (Å²) in [5.74, 6) is 1.31. The predicted octanol–water partition coefficient (Wildman–Crippen LogP) is 2.15. The quantitative estimate of drug-likeness (QED) is 0.496. The number of carbonyl (C=O) groups excluding carboxylic acids is 1. The molecule has 194 valence electrons. The van der Waals surface area contributed by atoms with E-state index >= 15 is 0 Å². The topological polar surface area (TPSA) is 116 Å². The van der Waals surface area contributed by atoms with E-state index in [1.807, 2.05) is 17.3 Å². The average molecular weight is 508 g/mol. The van der Waals surface area contributed by atoms with Crippen LogP contribution < -0.4 is 15.8 Å². The Balaban J connectivity index is 1.05. The highest BCUT2D eigenvalue weighted by molar-refractivity contribution is 5.78. The number of halogens is 3. The van der Waals surface area contributed by atoms with Crippen molar-refractivity contribution in [3.05, 3.63) is 40.1 Å². The lowest BCUT2D eigenvalue weighted by Gasteiger charge is -2.56. The van der Waals surface area contributed by atoms with Gasteiger partial charge in [-0.05, 0) is 37.7 Å². The van der Waals surface area contributed by atoms with Gasteiger partial charge in [-0.1, -0.05) is 0 Å². The largest absolute Gasteiger partial charge is 0.423 e. The molecule has 2 aromatic heterocycles. The highest BCUT2D eigenvalue weighted by Gasteiger charge is 2.47. The number of H-pyrrole nitrogens is 1.